The third-order valence-electron chi connectivity index (χ3n) is 1.32. The molecule has 0 aliphatic rings. The molecule has 56 valence electrons. The molecule has 0 amide bonds. The summed E-state index contributed by atoms with van der Waals surface area (Å²) in [6.45, 7) is 0. The number of aromatic nitrogens is 4. The maximum Gasteiger partial charge on any atom is 0.368 e. The summed E-state index contributed by atoms with van der Waals surface area (Å²) < 4.78 is 0. The van der Waals surface area contributed by atoms with E-state index in [0.717, 1.165) is 0 Å². The Morgan fingerprint density at radius 2 is 2.36 bits per heavy atom. The van der Waals surface area contributed by atoms with Crippen LogP contribution >= 0.6 is 0 Å². The van der Waals surface area contributed by atoms with Crippen molar-refractivity contribution in [1.82, 2.24) is 20.4 Å². The molecule has 0 aliphatic heterocycles. The van der Waals surface area contributed by atoms with Gasteiger partial charge in [-0.1, -0.05) is 5.10 Å². The Kier molecular flexibility index (Phi) is 0.945. The van der Waals surface area contributed by atoms with Crippen molar-refractivity contribution in [1.29, 1.82) is 0 Å². The molecule has 0 aromatic carbocycles. The molecule has 2 rings (SSSR count). The van der Waals surface area contributed by atoms with Crippen molar-refractivity contribution in [2.24, 2.45) is 0 Å². The van der Waals surface area contributed by atoms with E-state index < -0.39 is 4.92 Å². The fraction of sp³-hybridized carbons (Fsp3) is 0. The fourth-order valence-corrected chi connectivity index (χ4v) is 0.840. The van der Waals surface area contributed by atoms with Gasteiger partial charge in [0.25, 0.3) is 0 Å². The van der Waals surface area contributed by atoms with Gasteiger partial charge in [-0.3, -0.25) is 5.10 Å². The van der Waals surface area contributed by atoms with Crippen molar-refractivity contribution < 1.29 is 4.92 Å². The SMILES string of the molecule is O=[N+]([O-])c1[nH]nc2cn[nH]c12. The normalized spacial score (nSPS) is 10.5. The van der Waals surface area contributed by atoms with Crippen LogP contribution in [0.25, 0.3) is 11.0 Å². The van der Waals surface area contributed by atoms with Gasteiger partial charge in [0.1, 0.15) is 0 Å². The summed E-state index contributed by atoms with van der Waals surface area (Å²) in [5, 5.41) is 22.2. The second-order valence-corrected chi connectivity index (χ2v) is 1.96. The molecule has 0 aliphatic carbocycles. The molecule has 0 saturated heterocycles. The van der Waals surface area contributed by atoms with E-state index in [9.17, 15) is 10.1 Å². The molecule has 0 radical (unpaired) electrons. The Balaban J connectivity index is 2.78. The average molecular weight is 153 g/mol. The van der Waals surface area contributed by atoms with Crippen LogP contribution in [0.3, 0.4) is 0 Å². The Morgan fingerprint density at radius 1 is 1.55 bits per heavy atom. The van der Waals surface area contributed by atoms with E-state index in [1.807, 2.05) is 0 Å². The van der Waals surface area contributed by atoms with Gasteiger partial charge in [-0.15, -0.1) is 5.10 Å². The highest BCUT2D eigenvalue weighted by Gasteiger charge is 2.15. The summed E-state index contributed by atoms with van der Waals surface area (Å²) >= 11 is 0. The van der Waals surface area contributed by atoms with Crippen molar-refractivity contribution >= 4 is 16.9 Å². The van der Waals surface area contributed by atoms with Crippen molar-refractivity contribution in [2.45, 2.75) is 0 Å². The summed E-state index contributed by atoms with van der Waals surface area (Å²) in [7, 11) is 0. The first-order chi connectivity index (χ1) is 5.29. The molecule has 0 spiro atoms. The number of rotatable bonds is 1. The molecule has 0 bridgehead atoms. The Labute approximate surface area is 59.6 Å². The highest BCUT2D eigenvalue weighted by Crippen LogP contribution is 2.17. The van der Waals surface area contributed by atoms with E-state index in [0.29, 0.717) is 11.0 Å². The number of nitro groups is 1. The van der Waals surface area contributed by atoms with Crippen LogP contribution in [-0.2, 0) is 0 Å². The second kappa shape index (κ2) is 1.78. The molecule has 7 heteroatoms. The van der Waals surface area contributed by atoms with Gasteiger partial charge in [0.2, 0.25) is 0 Å². The molecular weight excluding hydrogens is 150 g/mol. The molecule has 2 aromatic heterocycles. The lowest BCUT2D eigenvalue weighted by atomic mass is 10.5. The van der Waals surface area contributed by atoms with Crippen LogP contribution in [-0.4, -0.2) is 25.3 Å². The van der Waals surface area contributed by atoms with Gasteiger partial charge >= 0.3 is 5.82 Å². The second-order valence-electron chi connectivity index (χ2n) is 1.96. The molecule has 7 nitrogen and oxygen atoms in total. The fourth-order valence-electron chi connectivity index (χ4n) is 0.840. The first kappa shape index (κ1) is 5.83. The van der Waals surface area contributed by atoms with Crippen molar-refractivity contribution in [2.75, 3.05) is 0 Å². The lowest BCUT2D eigenvalue weighted by molar-refractivity contribution is -0.388. The lowest BCUT2D eigenvalue weighted by Crippen LogP contribution is -1.88. The lowest BCUT2D eigenvalue weighted by Gasteiger charge is -1.85. The summed E-state index contributed by atoms with van der Waals surface area (Å²) in [6, 6.07) is 0. The molecule has 0 atom stereocenters. The number of nitrogens with zero attached hydrogens (tertiary/aromatic N) is 3. The molecule has 0 fully saturated rings. The van der Waals surface area contributed by atoms with Gasteiger partial charge in [-0.05, 0) is 4.92 Å². The smallest absolute Gasteiger partial charge is 0.358 e. The van der Waals surface area contributed by atoms with Crippen molar-refractivity contribution in [3.8, 4) is 0 Å². The summed E-state index contributed by atoms with van der Waals surface area (Å²) in [5.74, 6) is -0.155. The van der Waals surface area contributed by atoms with E-state index in [-0.39, 0.29) is 5.82 Å². The zero-order valence-corrected chi connectivity index (χ0v) is 5.24. The number of hydrogen-bond acceptors (Lipinski definition) is 4. The number of H-pyrrole nitrogens is 2. The number of hydrogen-bond donors (Lipinski definition) is 2. The van der Waals surface area contributed by atoms with Gasteiger partial charge in [0, 0.05) is 0 Å². The minimum atomic E-state index is -0.548. The summed E-state index contributed by atoms with van der Waals surface area (Å²) in [5.41, 5.74) is 0.798. The number of nitrogens with one attached hydrogen (secondary N) is 2. The van der Waals surface area contributed by atoms with E-state index >= 15 is 0 Å². The minimum Gasteiger partial charge on any atom is -0.358 e. The zero-order chi connectivity index (χ0) is 7.84. The Morgan fingerprint density at radius 3 is 3.09 bits per heavy atom. The Hall–Kier alpha value is -1.92. The van der Waals surface area contributed by atoms with E-state index in [4.69, 9.17) is 0 Å². The van der Waals surface area contributed by atoms with Crippen LogP contribution < -0.4 is 0 Å². The standard InChI is InChI=1S/C4H3N5O2/c10-9(11)4-3-2(6-8-4)1-5-7-3/h1H,(H,5,7)(H,6,8). The maximum absolute atomic E-state index is 10.3. The van der Waals surface area contributed by atoms with Crippen molar-refractivity contribution in [3.63, 3.8) is 0 Å². The maximum atomic E-state index is 10.3. The van der Waals surface area contributed by atoms with Gasteiger partial charge < -0.3 is 10.1 Å². The predicted octanol–water partition coefficient (Wildman–Crippen LogP) is 0.194. The van der Waals surface area contributed by atoms with E-state index in [1.165, 1.54) is 6.20 Å². The number of aromatic amines is 2. The van der Waals surface area contributed by atoms with Crippen LogP contribution in [0.5, 0.6) is 0 Å². The monoisotopic (exact) mass is 153 g/mol. The molecule has 2 aromatic rings. The third-order valence-corrected chi connectivity index (χ3v) is 1.32. The number of fused-ring (bicyclic) bond motifs is 1. The van der Waals surface area contributed by atoms with Gasteiger partial charge in [0.05, 0.1) is 6.20 Å². The van der Waals surface area contributed by atoms with Crippen molar-refractivity contribution in [3.05, 3.63) is 16.3 Å². The molecule has 11 heavy (non-hydrogen) atoms. The van der Waals surface area contributed by atoms with E-state index in [2.05, 4.69) is 20.4 Å². The van der Waals surface area contributed by atoms with Crippen LogP contribution in [0.15, 0.2) is 6.20 Å². The zero-order valence-electron chi connectivity index (χ0n) is 5.24. The van der Waals surface area contributed by atoms with Gasteiger partial charge in [-0.2, -0.15) is 5.10 Å². The van der Waals surface area contributed by atoms with Crippen LogP contribution in [0.1, 0.15) is 0 Å². The predicted molar refractivity (Wildman–Crippen MR) is 34.9 cm³/mol. The highest BCUT2D eigenvalue weighted by molar-refractivity contribution is 5.81. The first-order valence-corrected chi connectivity index (χ1v) is 2.81. The average Bonchev–Trinajstić information content (AvgIpc) is 2.41. The van der Waals surface area contributed by atoms with E-state index in [1.54, 1.807) is 0 Å². The molecule has 2 N–H and O–H groups in total. The topological polar surface area (TPSA) is 100 Å². The Bertz CT molecular complexity index is 401. The van der Waals surface area contributed by atoms with Crippen LogP contribution in [0.4, 0.5) is 5.82 Å². The molecule has 2 heterocycles. The largest absolute Gasteiger partial charge is 0.368 e. The van der Waals surface area contributed by atoms with Gasteiger partial charge in [0.15, 0.2) is 11.0 Å². The highest BCUT2D eigenvalue weighted by atomic mass is 16.6. The molecule has 0 unspecified atom stereocenters. The van der Waals surface area contributed by atoms with Gasteiger partial charge in [-0.25, -0.2) is 0 Å². The quantitative estimate of drug-likeness (QED) is 0.451. The third kappa shape index (κ3) is 0.672. The summed E-state index contributed by atoms with van der Waals surface area (Å²) in [6.07, 6.45) is 1.42. The minimum absolute atomic E-state index is 0.155. The molecule has 0 saturated carbocycles. The summed E-state index contributed by atoms with van der Waals surface area (Å²) in [4.78, 5) is 9.71. The van der Waals surface area contributed by atoms with Crippen LogP contribution in [0.2, 0.25) is 0 Å². The molecular formula is C4H3N5O2. The van der Waals surface area contributed by atoms with Crippen LogP contribution in [0, 0.1) is 10.1 Å². The first-order valence-electron chi connectivity index (χ1n) is 2.81.